The summed E-state index contributed by atoms with van der Waals surface area (Å²) in [7, 11) is 0. The fraction of sp³-hybridized carbons (Fsp3) is 0.294. The van der Waals surface area contributed by atoms with Crippen LogP contribution in [0.3, 0.4) is 0 Å². The van der Waals surface area contributed by atoms with E-state index in [-0.39, 0.29) is 19.2 Å². The molecule has 0 spiro atoms. The highest BCUT2D eigenvalue weighted by Gasteiger charge is 2.10. The van der Waals surface area contributed by atoms with Crippen LogP contribution in [-0.4, -0.2) is 29.5 Å². The van der Waals surface area contributed by atoms with E-state index in [9.17, 15) is 5.11 Å². The first kappa shape index (κ1) is 16.6. The van der Waals surface area contributed by atoms with Crippen LogP contribution in [0, 0.1) is 0 Å². The smallest absolute Gasteiger partial charge is 0.0942 e. The summed E-state index contributed by atoms with van der Waals surface area (Å²) in [6.07, 6.45) is -0.807. The molecule has 118 valence electrons. The Labute approximate surface area is 135 Å². The summed E-state index contributed by atoms with van der Waals surface area (Å²) in [6, 6.07) is 15.8. The van der Waals surface area contributed by atoms with Gasteiger partial charge in [-0.25, -0.2) is 0 Å². The van der Waals surface area contributed by atoms with Crippen molar-refractivity contribution in [3.8, 4) is 0 Å². The Morgan fingerprint density at radius 3 is 2.50 bits per heavy atom. The SMILES string of the molecule is CC(Nc1ccc(Cl)cc1NCC(O)CO)c1ccccc1. The van der Waals surface area contributed by atoms with Gasteiger partial charge >= 0.3 is 0 Å². The quantitative estimate of drug-likeness (QED) is 0.632. The number of aliphatic hydroxyl groups is 2. The van der Waals surface area contributed by atoms with Crippen LogP contribution in [-0.2, 0) is 0 Å². The molecule has 0 aliphatic carbocycles. The first-order valence-electron chi connectivity index (χ1n) is 7.24. The van der Waals surface area contributed by atoms with Crippen LogP contribution in [0.5, 0.6) is 0 Å². The van der Waals surface area contributed by atoms with E-state index < -0.39 is 6.10 Å². The van der Waals surface area contributed by atoms with Crippen molar-refractivity contribution < 1.29 is 10.2 Å². The molecule has 2 unspecified atom stereocenters. The molecule has 0 fully saturated rings. The second-order valence-electron chi connectivity index (χ2n) is 5.18. The van der Waals surface area contributed by atoms with Crippen LogP contribution in [0.2, 0.25) is 5.02 Å². The molecule has 0 heterocycles. The molecule has 2 aromatic rings. The van der Waals surface area contributed by atoms with Crippen molar-refractivity contribution >= 4 is 23.0 Å². The summed E-state index contributed by atoms with van der Waals surface area (Å²) in [4.78, 5) is 0. The number of rotatable bonds is 7. The van der Waals surface area contributed by atoms with Gasteiger partial charge in [-0.3, -0.25) is 0 Å². The van der Waals surface area contributed by atoms with E-state index >= 15 is 0 Å². The number of halogens is 1. The van der Waals surface area contributed by atoms with Crippen molar-refractivity contribution in [3.05, 3.63) is 59.1 Å². The second-order valence-corrected chi connectivity index (χ2v) is 5.62. The van der Waals surface area contributed by atoms with E-state index in [2.05, 4.69) is 29.7 Å². The average Bonchev–Trinajstić information content (AvgIpc) is 2.55. The number of nitrogens with one attached hydrogen (secondary N) is 2. The highest BCUT2D eigenvalue weighted by molar-refractivity contribution is 6.31. The normalized spacial score (nSPS) is 13.5. The van der Waals surface area contributed by atoms with Crippen molar-refractivity contribution in [3.63, 3.8) is 0 Å². The minimum absolute atomic E-state index is 0.130. The van der Waals surface area contributed by atoms with Crippen molar-refractivity contribution in [2.45, 2.75) is 19.1 Å². The van der Waals surface area contributed by atoms with Gasteiger partial charge in [-0.15, -0.1) is 0 Å². The Kier molecular flexibility index (Phi) is 6.07. The zero-order chi connectivity index (χ0) is 15.9. The minimum Gasteiger partial charge on any atom is -0.394 e. The van der Waals surface area contributed by atoms with Gasteiger partial charge in [0.15, 0.2) is 0 Å². The van der Waals surface area contributed by atoms with Crippen molar-refractivity contribution in [2.75, 3.05) is 23.8 Å². The maximum absolute atomic E-state index is 9.47. The molecule has 5 heteroatoms. The highest BCUT2D eigenvalue weighted by atomic mass is 35.5. The molecule has 22 heavy (non-hydrogen) atoms. The Hall–Kier alpha value is -1.75. The van der Waals surface area contributed by atoms with Gasteiger partial charge < -0.3 is 20.8 Å². The maximum Gasteiger partial charge on any atom is 0.0942 e. The molecule has 0 amide bonds. The van der Waals surface area contributed by atoms with Crippen molar-refractivity contribution in [1.82, 2.24) is 0 Å². The molecular weight excluding hydrogens is 300 g/mol. The van der Waals surface area contributed by atoms with E-state index in [1.165, 1.54) is 5.56 Å². The molecule has 2 rings (SSSR count). The van der Waals surface area contributed by atoms with Gasteiger partial charge in [0.25, 0.3) is 0 Å². The molecular formula is C17H21ClN2O2. The van der Waals surface area contributed by atoms with Gasteiger partial charge in [0.05, 0.1) is 24.1 Å². The van der Waals surface area contributed by atoms with E-state index in [4.69, 9.17) is 16.7 Å². The van der Waals surface area contributed by atoms with Crippen LogP contribution >= 0.6 is 11.6 Å². The summed E-state index contributed by atoms with van der Waals surface area (Å²) in [5.41, 5.74) is 2.87. The number of anilines is 2. The first-order chi connectivity index (χ1) is 10.6. The van der Waals surface area contributed by atoms with Crippen LogP contribution in [0.4, 0.5) is 11.4 Å². The Morgan fingerprint density at radius 2 is 1.82 bits per heavy atom. The van der Waals surface area contributed by atoms with Crippen LogP contribution < -0.4 is 10.6 Å². The zero-order valence-corrected chi connectivity index (χ0v) is 13.2. The number of benzene rings is 2. The summed E-state index contributed by atoms with van der Waals surface area (Å²) >= 11 is 6.04. The Balaban J connectivity index is 2.12. The first-order valence-corrected chi connectivity index (χ1v) is 7.61. The van der Waals surface area contributed by atoms with E-state index in [1.54, 1.807) is 6.07 Å². The molecule has 0 saturated carbocycles. The molecule has 0 aromatic heterocycles. The lowest BCUT2D eigenvalue weighted by molar-refractivity contribution is 0.105. The molecule has 0 radical (unpaired) electrons. The maximum atomic E-state index is 9.47. The lowest BCUT2D eigenvalue weighted by Gasteiger charge is -2.20. The Morgan fingerprint density at radius 1 is 1.09 bits per heavy atom. The molecule has 4 N–H and O–H groups in total. The molecule has 0 aliphatic rings. The predicted molar refractivity (Wildman–Crippen MR) is 91.5 cm³/mol. The third-order valence-corrected chi connectivity index (χ3v) is 3.63. The highest BCUT2D eigenvalue weighted by Crippen LogP contribution is 2.29. The summed E-state index contributed by atoms with van der Waals surface area (Å²) in [5, 5.41) is 25.5. The van der Waals surface area contributed by atoms with Gasteiger partial charge in [-0.05, 0) is 30.7 Å². The fourth-order valence-corrected chi connectivity index (χ4v) is 2.31. The molecule has 0 bridgehead atoms. The number of aliphatic hydroxyl groups excluding tert-OH is 2. The lowest BCUT2D eigenvalue weighted by Crippen LogP contribution is -2.23. The van der Waals surface area contributed by atoms with Crippen LogP contribution in [0.1, 0.15) is 18.5 Å². The number of hydrogen-bond acceptors (Lipinski definition) is 4. The van der Waals surface area contributed by atoms with Gasteiger partial charge in [-0.1, -0.05) is 41.9 Å². The Bertz CT molecular complexity index is 592. The van der Waals surface area contributed by atoms with Gasteiger partial charge in [0.2, 0.25) is 0 Å². The summed E-state index contributed by atoms with van der Waals surface area (Å²) < 4.78 is 0. The largest absolute Gasteiger partial charge is 0.394 e. The standard InChI is InChI=1S/C17H21ClN2O2/c1-12(13-5-3-2-4-6-13)20-16-8-7-14(18)9-17(16)19-10-15(22)11-21/h2-9,12,15,19-22H,10-11H2,1H3. The topological polar surface area (TPSA) is 64.5 Å². The summed E-state index contributed by atoms with van der Waals surface area (Å²) in [6.45, 7) is 2.05. The monoisotopic (exact) mass is 320 g/mol. The van der Waals surface area contributed by atoms with Crippen molar-refractivity contribution in [2.24, 2.45) is 0 Å². The molecule has 2 aromatic carbocycles. The van der Waals surface area contributed by atoms with Gasteiger partial charge in [0, 0.05) is 17.6 Å². The molecule has 2 atom stereocenters. The zero-order valence-electron chi connectivity index (χ0n) is 12.5. The van der Waals surface area contributed by atoms with Crippen LogP contribution in [0.15, 0.2) is 48.5 Å². The van der Waals surface area contributed by atoms with Gasteiger partial charge in [0.1, 0.15) is 0 Å². The molecule has 0 aliphatic heterocycles. The van der Waals surface area contributed by atoms with Crippen molar-refractivity contribution in [1.29, 1.82) is 0 Å². The molecule has 4 nitrogen and oxygen atoms in total. The van der Waals surface area contributed by atoms with Gasteiger partial charge in [-0.2, -0.15) is 0 Å². The van der Waals surface area contributed by atoms with E-state index in [0.29, 0.717) is 5.02 Å². The lowest BCUT2D eigenvalue weighted by atomic mass is 10.1. The second kappa shape index (κ2) is 8.03. The molecule has 0 saturated heterocycles. The minimum atomic E-state index is -0.807. The van der Waals surface area contributed by atoms with E-state index in [1.807, 2.05) is 30.3 Å². The van der Waals surface area contributed by atoms with Crippen LogP contribution in [0.25, 0.3) is 0 Å². The third-order valence-electron chi connectivity index (χ3n) is 3.39. The fourth-order valence-electron chi connectivity index (χ4n) is 2.14. The van der Waals surface area contributed by atoms with E-state index in [0.717, 1.165) is 11.4 Å². The number of hydrogen-bond donors (Lipinski definition) is 4. The third kappa shape index (κ3) is 4.63. The summed E-state index contributed by atoms with van der Waals surface area (Å²) in [5.74, 6) is 0. The predicted octanol–water partition coefficient (Wildman–Crippen LogP) is 3.28. The average molecular weight is 321 g/mol.